The SMILES string of the molecule is CC(=O)[C@@H](C)SCC(=O)Nc1ccc(C)cc1. The van der Waals surface area contributed by atoms with Crippen LogP contribution in [0.5, 0.6) is 0 Å². The van der Waals surface area contributed by atoms with E-state index in [4.69, 9.17) is 0 Å². The molecule has 1 aromatic carbocycles. The van der Waals surface area contributed by atoms with Gasteiger partial charge in [-0.15, -0.1) is 11.8 Å². The molecule has 0 fully saturated rings. The van der Waals surface area contributed by atoms with E-state index in [2.05, 4.69) is 5.32 Å². The third kappa shape index (κ3) is 5.04. The summed E-state index contributed by atoms with van der Waals surface area (Å²) < 4.78 is 0. The van der Waals surface area contributed by atoms with Crippen LogP contribution in [0.15, 0.2) is 24.3 Å². The zero-order valence-electron chi connectivity index (χ0n) is 10.3. The van der Waals surface area contributed by atoms with Gasteiger partial charge in [0.15, 0.2) is 0 Å². The molecule has 17 heavy (non-hydrogen) atoms. The zero-order valence-corrected chi connectivity index (χ0v) is 11.1. The summed E-state index contributed by atoms with van der Waals surface area (Å²) in [5.41, 5.74) is 1.94. The number of hydrogen-bond donors (Lipinski definition) is 1. The average Bonchev–Trinajstić information content (AvgIpc) is 2.29. The maximum absolute atomic E-state index is 11.6. The molecule has 1 N–H and O–H groups in total. The van der Waals surface area contributed by atoms with Gasteiger partial charge in [-0.25, -0.2) is 0 Å². The second-order valence-electron chi connectivity index (χ2n) is 3.98. The highest BCUT2D eigenvalue weighted by molar-refractivity contribution is 8.01. The van der Waals surface area contributed by atoms with Gasteiger partial charge in [-0.05, 0) is 32.9 Å². The Balaban J connectivity index is 2.39. The van der Waals surface area contributed by atoms with Gasteiger partial charge in [0, 0.05) is 5.69 Å². The predicted octanol–water partition coefficient (Wildman–Crippen LogP) is 2.64. The molecule has 92 valence electrons. The quantitative estimate of drug-likeness (QED) is 0.875. The molecule has 0 radical (unpaired) electrons. The van der Waals surface area contributed by atoms with Gasteiger partial charge in [0.1, 0.15) is 5.78 Å². The topological polar surface area (TPSA) is 46.2 Å². The molecule has 0 aromatic heterocycles. The van der Waals surface area contributed by atoms with Crippen LogP contribution in [0.3, 0.4) is 0 Å². The standard InChI is InChI=1S/C13H17NO2S/c1-9-4-6-12(7-5-9)14-13(16)8-17-11(3)10(2)15/h4-7,11H,8H2,1-3H3,(H,14,16)/t11-/m1/s1. The van der Waals surface area contributed by atoms with Gasteiger partial charge in [-0.3, -0.25) is 9.59 Å². The summed E-state index contributed by atoms with van der Waals surface area (Å²) in [7, 11) is 0. The van der Waals surface area contributed by atoms with Crippen molar-refractivity contribution in [3.05, 3.63) is 29.8 Å². The lowest BCUT2D eigenvalue weighted by atomic mass is 10.2. The first-order valence-electron chi connectivity index (χ1n) is 5.47. The summed E-state index contributed by atoms with van der Waals surface area (Å²) in [5, 5.41) is 2.67. The Hall–Kier alpha value is -1.29. The van der Waals surface area contributed by atoms with Crippen molar-refractivity contribution in [1.29, 1.82) is 0 Å². The molecule has 0 heterocycles. The number of carbonyl (C=O) groups excluding carboxylic acids is 2. The van der Waals surface area contributed by atoms with Crippen LogP contribution in [0, 0.1) is 6.92 Å². The van der Waals surface area contributed by atoms with E-state index >= 15 is 0 Å². The van der Waals surface area contributed by atoms with Crippen molar-refractivity contribution in [2.45, 2.75) is 26.0 Å². The maximum Gasteiger partial charge on any atom is 0.234 e. The fraction of sp³-hybridized carbons (Fsp3) is 0.385. The summed E-state index contributed by atoms with van der Waals surface area (Å²) in [6.07, 6.45) is 0. The molecule has 1 aromatic rings. The molecule has 1 amide bonds. The minimum Gasteiger partial charge on any atom is -0.325 e. The van der Waals surface area contributed by atoms with Crippen LogP contribution in [-0.4, -0.2) is 22.7 Å². The number of aryl methyl sites for hydroxylation is 1. The number of carbonyl (C=O) groups is 2. The van der Waals surface area contributed by atoms with E-state index in [1.54, 1.807) is 0 Å². The number of hydrogen-bond acceptors (Lipinski definition) is 3. The Bertz CT molecular complexity index is 400. The highest BCUT2D eigenvalue weighted by Gasteiger charge is 2.10. The molecule has 0 aliphatic rings. The van der Waals surface area contributed by atoms with E-state index in [0.717, 1.165) is 11.3 Å². The molecule has 0 unspecified atom stereocenters. The smallest absolute Gasteiger partial charge is 0.234 e. The van der Waals surface area contributed by atoms with E-state index < -0.39 is 0 Å². The van der Waals surface area contributed by atoms with Crippen molar-refractivity contribution < 1.29 is 9.59 Å². The Morgan fingerprint density at radius 1 is 1.29 bits per heavy atom. The largest absolute Gasteiger partial charge is 0.325 e. The molecule has 3 nitrogen and oxygen atoms in total. The Morgan fingerprint density at radius 2 is 1.88 bits per heavy atom. The molecule has 4 heteroatoms. The fourth-order valence-corrected chi connectivity index (χ4v) is 1.86. The van der Waals surface area contributed by atoms with Gasteiger partial charge >= 0.3 is 0 Å². The van der Waals surface area contributed by atoms with Crippen LogP contribution in [0.2, 0.25) is 0 Å². The normalized spacial score (nSPS) is 11.9. The second kappa shape index (κ2) is 6.45. The number of thioether (sulfide) groups is 1. The van der Waals surface area contributed by atoms with Crippen molar-refractivity contribution in [2.24, 2.45) is 0 Å². The van der Waals surface area contributed by atoms with E-state index in [9.17, 15) is 9.59 Å². The number of anilines is 1. The Kier molecular flexibility index (Phi) is 5.22. The molecule has 0 aliphatic heterocycles. The lowest BCUT2D eigenvalue weighted by Gasteiger charge is -2.08. The van der Waals surface area contributed by atoms with Gasteiger partial charge in [0.2, 0.25) is 5.91 Å². The first-order chi connectivity index (χ1) is 7.99. The Labute approximate surface area is 106 Å². The number of ketones is 1. The van der Waals surface area contributed by atoms with Crippen LogP contribution in [0.4, 0.5) is 5.69 Å². The summed E-state index contributed by atoms with van der Waals surface area (Å²) in [6, 6.07) is 7.63. The molecule has 1 atom stereocenters. The molecule has 0 aliphatic carbocycles. The lowest BCUT2D eigenvalue weighted by molar-refractivity contribution is -0.116. The van der Waals surface area contributed by atoms with E-state index in [1.807, 2.05) is 38.1 Å². The summed E-state index contributed by atoms with van der Waals surface area (Å²) in [4.78, 5) is 22.6. The van der Waals surface area contributed by atoms with E-state index in [-0.39, 0.29) is 16.9 Å². The van der Waals surface area contributed by atoms with Crippen molar-refractivity contribution in [2.75, 3.05) is 11.1 Å². The highest BCUT2D eigenvalue weighted by Crippen LogP contribution is 2.13. The third-order valence-electron chi connectivity index (χ3n) is 2.37. The van der Waals surface area contributed by atoms with Crippen molar-refractivity contribution in [3.63, 3.8) is 0 Å². The minimum absolute atomic E-state index is 0.0769. The first-order valence-corrected chi connectivity index (χ1v) is 6.52. The van der Waals surface area contributed by atoms with Gasteiger partial charge in [0.05, 0.1) is 11.0 Å². The maximum atomic E-state index is 11.6. The number of rotatable bonds is 5. The van der Waals surface area contributed by atoms with Gasteiger partial charge in [-0.2, -0.15) is 0 Å². The predicted molar refractivity (Wildman–Crippen MR) is 72.4 cm³/mol. The molecule has 0 bridgehead atoms. The Morgan fingerprint density at radius 3 is 2.41 bits per heavy atom. The van der Waals surface area contributed by atoms with E-state index in [0.29, 0.717) is 5.75 Å². The molecule has 0 saturated carbocycles. The minimum atomic E-state index is -0.126. The molecular formula is C13H17NO2S. The molecule has 1 rings (SSSR count). The summed E-state index contributed by atoms with van der Waals surface area (Å²) in [5.74, 6) is 0.319. The lowest BCUT2D eigenvalue weighted by Crippen LogP contribution is -2.18. The number of Topliss-reactive ketones (excluding diaryl/α,β-unsaturated/α-hetero) is 1. The van der Waals surface area contributed by atoms with E-state index in [1.165, 1.54) is 18.7 Å². The molecule has 0 spiro atoms. The second-order valence-corrected chi connectivity index (χ2v) is 5.31. The van der Waals surface area contributed by atoms with Crippen molar-refractivity contribution >= 4 is 29.1 Å². The third-order valence-corrected chi connectivity index (χ3v) is 3.63. The zero-order chi connectivity index (χ0) is 12.8. The van der Waals surface area contributed by atoms with Crippen LogP contribution in [0.25, 0.3) is 0 Å². The van der Waals surface area contributed by atoms with Gasteiger partial charge in [-0.1, -0.05) is 17.7 Å². The van der Waals surface area contributed by atoms with Crippen molar-refractivity contribution in [3.8, 4) is 0 Å². The number of benzene rings is 1. The highest BCUT2D eigenvalue weighted by atomic mass is 32.2. The molecule has 0 saturated heterocycles. The number of amides is 1. The number of nitrogens with one attached hydrogen (secondary N) is 1. The van der Waals surface area contributed by atoms with Crippen LogP contribution < -0.4 is 5.32 Å². The van der Waals surface area contributed by atoms with Crippen LogP contribution >= 0.6 is 11.8 Å². The molecular weight excluding hydrogens is 234 g/mol. The van der Waals surface area contributed by atoms with Gasteiger partial charge in [0.25, 0.3) is 0 Å². The summed E-state index contributed by atoms with van der Waals surface area (Å²) in [6.45, 7) is 5.34. The average molecular weight is 251 g/mol. The first kappa shape index (κ1) is 13.8. The van der Waals surface area contributed by atoms with Crippen LogP contribution in [0.1, 0.15) is 19.4 Å². The van der Waals surface area contributed by atoms with Crippen LogP contribution in [-0.2, 0) is 9.59 Å². The monoisotopic (exact) mass is 251 g/mol. The van der Waals surface area contributed by atoms with Gasteiger partial charge < -0.3 is 5.32 Å². The fourth-order valence-electron chi connectivity index (χ4n) is 1.15. The van der Waals surface area contributed by atoms with Crippen molar-refractivity contribution in [1.82, 2.24) is 0 Å². The summed E-state index contributed by atoms with van der Waals surface area (Å²) >= 11 is 1.35.